The van der Waals surface area contributed by atoms with Crippen molar-refractivity contribution in [2.75, 3.05) is 6.61 Å². The summed E-state index contributed by atoms with van der Waals surface area (Å²) in [7, 11) is 0. The second kappa shape index (κ2) is 8.43. The van der Waals surface area contributed by atoms with Gasteiger partial charge in [0, 0.05) is 27.7 Å². The number of ether oxygens (including phenoxy) is 2. The van der Waals surface area contributed by atoms with Gasteiger partial charge < -0.3 is 19.1 Å². The van der Waals surface area contributed by atoms with E-state index < -0.39 is 17.0 Å². The molecule has 6 heteroatoms. The van der Waals surface area contributed by atoms with E-state index in [-0.39, 0.29) is 11.2 Å². The normalized spacial score (nSPS) is 23.7. The number of hydrogen-bond donors (Lipinski definition) is 1. The molecule has 6 rings (SSSR count). The number of nitrogens with zero attached hydrogens (tertiary/aromatic N) is 1. The van der Waals surface area contributed by atoms with Gasteiger partial charge in [0.2, 0.25) is 0 Å². The lowest BCUT2D eigenvalue weighted by Crippen LogP contribution is -2.57. The Balaban J connectivity index is 1.62. The third kappa shape index (κ3) is 3.65. The predicted molar refractivity (Wildman–Crippen MR) is 144 cm³/mol. The van der Waals surface area contributed by atoms with Gasteiger partial charge in [0.05, 0.1) is 23.1 Å². The third-order valence-electron chi connectivity index (χ3n) is 8.27. The SMILES string of the molecule is Cc1cc(-n2c3c(c4c(OCc5ccccc5)cccc42)C2(CC(C)(C(=O)O)C2)OCC3(C)C)ccc1F. The minimum Gasteiger partial charge on any atom is -0.488 e. The molecular formula is C32H32FNO4. The summed E-state index contributed by atoms with van der Waals surface area (Å²) in [6.07, 6.45) is 0.764. The summed E-state index contributed by atoms with van der Waals surface area (Å²) in [6.45, 7) is 8.70. The summed E-state index contributed by atoms with van der Waals surface area (Å²) < 4.78 is 29.6. The zero-order valence-electron chi connectivity index (χ0n) is 22.2. The van der Waals surface area contributed by atoms with E-state index in [0.717, 1.165) is 39.2 Å². The lowest BCUT2D eigenvalue weighted by Gasteiger charge is -2.56. The second-order valence-corrected chi connectivity index (χ2v) is 11.8. The van der Waals surface area contributed by atoms with Crippen LogP contribution in [-0.4, -0.2) is 22.2 Å². The summed E-state index contributed by atoms with van der Waals surface area (Å²) in [5, 5.41) is 10.9. The van der Waals surface area contributed by atoms with Crippen molar-refractivity contribution >= 4 is 16.9 Å². The van der Waals surface area contributed by atoms with Crippen LogP contribution in [0.2, 0.25) is 0 Å². The maximum Gasteiger partial charge on any atom is 0.309 e. The molecule has 1 aliphatic carbocycles. The maximum atomic E-state index is 14.3. The molecule has 2 aliphatic rings. The Labute approximate surface area is 221 Å². The van der Waals surface area contributed by atoms with Crippen LogP contribution in [0.15, 0.2) is 66.7 Å². The molecule has 1 aromatic heterocycles. The number of aliphatic carboxylic acids is 1. The first kappa shape index (κ1) is 24.7. The molecule has 3 aromatic carbocycles. The third-order valence-corrected chi connectivity index (χ3v) is 8.27. The van der Waals surface area contributed by atoms with Crippen LogP contribution < -0.4 is 4.74 Å². The van der Waals surface area contributed by atoms with E-state index in [2.05, 4.69) is 24.5 Å². The van der Waals surface area contributed by atoms with Gasteiger partial charge in [-0.2, -0.15) is 0 Å². The molecule has 1 spiro atoms. The number of hydrogen-bond acceptors (Lipinski definition) is 3. The lowest BCUT2D eigenvalue weighted by molar-refractivity contribution is -0.205. The number of benzene rings is 3. The number of carboxylic acids is 1. The number of aryl methyl sites for hydroxylation is 1. The quantitative estimate of drug-likeness (QED) is 0.311. The molecule has 38 heavy (non-hydrogen) atoms. The van der Waals surface area contributed by atoms with Gasteiger partial charge in [0.25, 0.3) is 0 Å². The van der Waals surface area contributed by atoms with Crippen LogP contribution in [-0.2, 0) is 27.2 Å². The first-order valence-corrected chi connectivity index (χ1v) is 13.0. The fourth-order valence-electron chi connectivity index (χ4n) is 6.38. The smallest absolute Gasteiger partial charge is 0.309 e. The molecule has 4 aromatic rings. The van der Waals surface area contributed by atoms with Crippen LogP contribution in [0, 0.1) is 18.2 Å². The Morgan fingerprint density at radius 3 is 2.47 bits per heavy atom. The molecule has 0 bridgehead atoms. The molecule has 196 valence electrons. The molecule has 0 atom stereocenters. The van der Waals surface area contributed by atoms with Gasteiger partial charge in [-0.1, -0.05) is 50.2 Å². The minimum atomic E-state index is -0.862. The molecule has 1 saturated carbocycles. The van der Waals surface area contributed by atoms with Crippen molar-refractivity contribution < 1.29 is 23.8 Å². The Hall–Kier alpha value is -3.64. The molecule has 0 unspecified atom stereocenters. The summed E-state index contributed by atoms with van der Waals surface area (Å²) in [5.41, 5.74) is 3.50. The molecule has 1 fully saturated rings. The molecule has 1 aliphatic heterocycles. The zero-order valence-corrected chi connectivity index (χ0v) is 22.2. The first-order valence-electron chi connectivity index (χ1n) is 13.0. The van der Waals surface area contributed by atoms with E-state index in [4.69, 9.17) is 9.47 Å². The van der Waals surface area contributed by atoms with Crippen molar-refractivity contribution in [3.8, 4) is 11.4 Å². The topological polar surface area (TPSA) is 60.7 Å². The lowest BCUT2D eigenvalue weighted by atomic mass is 9.55. The fraction of sp³-hybridized carbons (Fsp3) is 0.344. The Morgan fingerprint density at radius 2 is 1.79 bits per heavy atom. The average molecular weight is 514 g/mol. The van der Waals surface area contributed by atoms with E-state index in [1.165, 1.54) is 6.07 Å². The van der Waals surface area contributed by atoms with Crippen LogP contribution in [0.25, 0.3) is 16.6 Å². The van der Waals surface area contributed by atoms with Gasteiger partial charge in [0.1, 0.15) is 18.2 Å². The summed E-state index contributed by atoms with van der Waals surface area (Å²) in [5.74, 6) is -0.331. The number of halogens is 1. The van der Waals surface area contributed by atoms with Crippen LogP contribution in [0.1, 0.15) is 56.0 Å². The summed E-state index contributed by atoms with van der Waals surface area (Å²) in [6, 6.07) is 21.2. The molecular weight excluding hydrogens is 481 g/mol. The average Bonchev–Trinajstić information content (AvgIpc) is 3.24. The number of fused-ring (bicyclic) bond motifs is 4. The molecule has 0 radical (unpaired) electrons. The van der Waals surface area contributed by atoms with E-state index in [0.29, 0.717) is 31.6 Å². The highest BCUT2D eigenvalue weighted by molar-refractivity contribution is 5.95. The highest BCUT2D eigenvalue weighted by Crippen LogP contribution is 2.63. The Morgan fingerprint density at radius 1 is 1.05 bits per heavy atom. The van der Waals surface area contributed by atoms with Crippen LogP contribution >= 0.6 is 0 Å². The van der Waals surface area contributed by atoms with E-state index in [1.807, 2.05) is 48.5 Å². The number of aromatic nitrogens is 1. The molecule has 1 N–H and O–H groups in total. The van der Waals surface area contributed by atoms with Gasteiger partial charge in [-0.15, -0.1) is 0 Å². The molecule has 2 heterocycles. The molecule has 5 nitrogen and oxygen atoms in total. The van der Waals surface area contributed by atoms with Crippen LogP contribution in [0.5, 0.6) is 5.75 Å². The van der Waals surface area contributed by atoms with Gasteiger partial charge in [-0.25, -0.2) is 4.39 Å². The van der Waals surface area contributed by atoms with Crippen molar-refractivity contribution in [2.45, 2.75) is 58.2 Å². The predicted octanol–water partition coefficient (Wildman–Crippen LogP) is 7.04. The highest BCUT2D eigenvalue weighted by Gasteiger charge is 2.62. The highest BCUT2D eigenvalue weighted by atomic mass is 19.1. The van der Waals surface area contributed by atoms with Crippen molar-refractivity contribution in [1.82, 2.24) is 4.57 Å². The van der Waals surface area contributed by atoms with Gasteiger partial charge in [-0.05, 0) is 68.1 Å². The second-order valence-electron chi connectivity index (χ2n) is 11.8. The van der Waals surface area contributed by atoms with Gasteiger partial charge >= 0.3 is 5.97 Å². The van der Waals surface area contributed by atoms with Crippen molar-refractivity contribution in [3.05, 3.63) is 94.9 Å². The number of carbonyl (C=O) groups is 1. The van der Waals surface area contributed by atoms with E-state index in [9.17, 15) is 14.3 Å². The van der Waals surface area contributed by atoms with Crippen molar-refractivity contribution in [2.24, 2.45) is 5.41 Å². The number of carboxylic acid groups (broad SMARTS) is 1. The standard InChI is InChI=1S/C32H32FNO4/c1-20-15-22(13-14-23(20)33)34-24-11-8-12-25(37-16-21-9-6-5-7-10-21)26(24)27-28(34)30(2,3)19-38-32(27)17-31(4,18-32)29(35)36/h5-15H,16-19H2,1-4H3,(H,35,36). The monoisotopic (exact) mass is 513 g/mol. The first-order chi connectivity index (χ1) is 18.0. The van der Waals surface area contributed by atoms with Gasteiger partial charge in [0.15, 0.2) is 0 Å². The maximum absolute atomic E-state index is 14.3. The van der Waals surface area contributed by atoms with Crippen LogP contribution in [0.4, 0.5) is 4.39 Å². The summed E-state index contributed by atoms with van der Waals surface area (Å²) >= 11 is 0. The number of rotatable bonds is 5. The molecule has 0 saturated heterocycles. The fourth-order valence-corrected chi connectivity index (χ4v) is 6.38. The minimum absolute atomic E-state index is 0.249. The van der Waals surface area contributed by atoms with Gasteiger partial charge in [-0.3, -0.25) is 4.79 Å². The Bertz CT molecular complexity index is 1560. The van der Waals surface area contributed by atoms with E-state index >= 15 is 0 Å². The van der Waals surface area contributed by atoms with Crippen LogP contribution in [0.3, 0.4) is 0 Å². The summed E-state index contributed by atoms with van der Waals surface area (Å²) in [4.78, 5) is 12.1. The Kier molecular flexibility index (Phi) is 5.48. The van der Waals surface area contributed by atoms with E-state index in [1.54, 1.807) is 19.9 Å². The van der Waals surface area contributed by atoms with Crippen molar-refractivity contribution in [1.29, 1.82) is 0 Å². The van der Waals surface area contributed by atoms with Crippen molar-refractivity contribution in [3.63, 3.8) is 0 Å². The zero-order chi connectivity index (χ0) is 26.9. The molecule has 0 amide bonds. The largest absolute Gasteiger partial charge is 0.488 e.